The number of hydrogen-bond acceptors (Lipinski definition) is 4. The van der Waals surface area contributed by atoms with Crippen molar-refractivity contribution in [2.24, 2.45) is 5.11 Å². The lowest BCUT2D eigenvalue weighted by Gasteiger charge is -1.99. The van der Waals surface area contributed by atoms with Crippen molar-refractivity contribution in [2.45, 2.75) is 6.54 Å². The van der Waals surface area contributed by atoms with E-state index in [2.05, 4.69) is 10.0 Å². The molecule has 0 radical (unpaired) electrons. The van der Waals surface area contributed by atoms with E-state index < -0.39 is 17.1 Å². The first-order valence-corrected chi connectivity index (χ1v) is 5.68. The standard InChI is InChI=1S/C8H9N3O.C4H3FN2O2/c1-12-8-4-2-7(3-5-8)6-10-11-9;5-2-1-6-4(9)7-3(2)8/h2-5H,6H2,1H3;1H,(H2,6,7,8,9). The Bertz CT molecular complexity index is 732. The first-order chi connectivity index (χ1) is 10.1. The van der Waals surface area contributed by atoms with Crippen LogP contribution in [0.1, 0.15) is 5.56 Å². The monoisotopic (exact) mass is 293 g/mol. The van der Waals surface area contributed by atoms with Crippen LogP contribution in [0.15, 0.2) is 45.2 Å². The van der Waals surface area contributed by atoms with Crippen LogP contribution >= 0.6 is 0 Å². The summed E-state index contributed by atoms with van der Waals surface area (Å²) in [5, 5.41) is 3.44. The molecular formula is C12H12FN5O3. The molecule has 0 saturated heterocycles. The third-order valence-corrected chi connectivity index (χ3v) is 2.25. The van der Waals surface area contributed by atoms with Gasteiger partial charge in [0.25, 0.3) is 5.56 Å². The number of ether oxygens (including phenoxy) is 1. The lowest BCUT2D eigenvalue weighted by Crippen LogP contribution is -2.23. The summed E-state index contributed by atoms with van der Waals surface area (Å²) in [5.74, 6) is -0.186. The SMILES string of the molecule is COc1ccc(CN=[N+]=[N-])cc1.O=c1[nH]cc(F)c(=O)[nH]1. The lowest BCUT2D eigenvalue weighted by atomic mass is 10.2. The second-order valence-electron chi connectivity index (χ2n) is 3.66. The van der Waals surface area contributed by atoms with Crippen LogP contribution in [0.3, 0.4) is 0 Å². The highest BCUT2D eigenvalue weighted by Crippen LogP contribution is 2.11. The molecule has 2 N–H and O–H groups in total. The summed E-state index contributed by atoms with van der Waals surface area (Å²) >= 11 is 0. The van der Waals surface area contributed by atoms with Gasteiger partial charge in [-0.05, 0) is 23.2 Å². The van der Waals surface area contributed by atoms with Crippen molar-refractivity contribution in [3.8, 4) is 5.75 Å². The van der Waals surface area contributed by atoms with Crippen molar-refractivity contribution in [1.29, 1.82) is 0 Å². The van der Waals surface area contributed by atoms with Gasteiger partial charge in [0, 0.05) is 11.1 Å². The summed E-state index contributed by atoms with van der Waals surface area (Å²) in [4.78, 5) is 26.7. The molecule has 1 heterocycles. The predicted molar refractivity (Wildman–Crippen MR) is 73.5 cm³/mol. The molecule has 2 aromatic rings. The van der Waals surface area contributed by atoms with E-state index in [9.17, 15) is 14.0 Å². The molecule has 2 rings (SSSR count). The number of H-pyrrole nitrogens is 2. The van der Waals surface area contributed by atoms with Gasteiger partial charge in [0.2, 0.25) is 5.82 Å². The van der Waals surface area contributed by atoms with Crippen LogP contribution in [-0.2, 0) is 6.54 Å². The van der Waals surface area contributed by atoms with Gasteiger partial charge in [-0.3, -0.25) is 9.78 Å². The largest absolute Gasteiger partial charge is 0.497 e. The summed E-state index contributed by atoms with van der Waals surface area (Å²) in [6.07, 6.45) is 0.709. The zero-order valence-electron chi connectivity index (χ0n) is 11.0. The minimum absolute atomic E-state index is 0.389. The Morgan fingerprint density at radius 3 is 2.48 bits per heavy atom. The molecule has 1 aromatic carbocycles. The fraction of sp³-hybridized carbons (Fsp3) is 0.167. The highest BCUT2D eigenvalue weighted by Gasteiger charge is 1.93. The van der Waals surface area contributed by atoms with E-state index in [-0.39, 0.29) is 0 Å². The Morgan fingerprint density at radius 2 is 2.00 bits per heavy atom. The van der Waals surface area contributed by atoms with Crippen LogP contribution < -0.4 is 16.0 Å². The lowest BCUT2D eigenvalue weighted by molar-refractivity contribution is 0.414. The van der Waals surface area contributed by atoms with Crippen molar-refractivity contribution in [2.75, 3.05) is 7.11 Å². The molecule has 0 aliphatic heterocycles. The molecule has 0 atom stereocenters. The van der Waals surface area contributed by atoms with Crippen molar-refractivity contribution in [3.63, 3.8) is 0 Å². The Labute approximate surface area is 117 Å². The number of aromatic nitrogens is 2. The number of rotatable bonds is 3. The van der Waals surface area contributed by atoms with Crippen LogP contribution in [0.25, 0.3) is 10.4 Å². The molecule has 0 bridgehead atoms. The predicted octanol–water partition coefficient (Wildman–Crippen LogP) is 1.71. The smallest absolute Gasteiger partial charge is 0.325 e. The van der Waals surface area contributed by atoms with Gasteiger partial charge >= 0.3 is 5.69 Å². The molecule has 9 heteroatoms. The van der Waals surface area contributed by atoms with Crippen molar-refractivity contribution in [1.82, 2.24) is 9.97 Å². The van der Waals surface area contributed by atoms with E-state index in [4.69, 9.17) is 10.3 Å². The maximum absolute atomic E-state index is 12.0. The molecule has 0 aliphatic carbocycles. The fourth-order valence-electron chi connectivity index (χ4n) is 1.24. The average Bonchev–Trinajstić information content (AvgIpc) is 2.50. The molecule has 8 nitrogen and oxygen atoms in total. The number of azide groups is 1. The van der Waals surface area contributed by atoms with Crippen molar-refractivity contribution in [3.05, 3.63) is 73.1 Å². The van der Waals surface area contributed by atoms with Crippen LogP contribution in [0.5, 0.6) is 5.75 Å². The second-order valence-corrected chi connectivity index (χ2v) is 3.66. The molecule has 0 amide bonds. The molecular weight excluding hydrogens is 281 g/mol. The Morgan fingerprint density at radius 1 is 1.33 bits per heavy atom. The minimum atomic E-state index is -1.00. The van der Waals surface area contributed by atoms with Crippen LogP contribution in [0.2, 0.25) is 0 Å². The van der Waals surface area contributed by atoms with Gasteiger partial charge in [0.15, 0.2) is 0 Å². The quantitative estimate of drug-likeness (QED) is 0.508. The highest BCUT2D eigenvalue weighted by atomic mass is 19.1. The molecule has 0 spiro atoms. The number of nitrogens with zero attached hydrogens (tertiary/aromatic N) is 3. The van der Waals surface area contributed by atoms with E-state index in [0.717, 1.165) is 11.3 Å². The topological polar surface area (TPSA) is 124 Å². The van der Waals surface area contributed by atoms with Crippen molar-refractivity contribution < 1.29 is 9.13 Å². The highest BCUT2D eigenvalue weighted by molar-refractivity contribution is 5.26. The molecule has 0 aliphatic rings. The maximum Gasteiger partial charge on any atom is 0.325 e. The summed E-state index contributed by atoms with van der Waals surface area (Å²) in [6, 6.07) is 7.41. The third kappa shape index (κ3) is 5.62. The Balaban J connectivity index is 0.000000219. The van der Waals surface area contributed by atoms with Gasteiger partial charge in [0.05, 0.1) is 13.7 Å². The molecule has 110 valence electrons. The average molecular weight is 293 g/mol. The summed E-state index contributed by atoms with van der Waals surface area (Å²) in [5.41, 5.74) is 7.33. The van der Waals surface area contributed by atoms with Gasteiger partial charge in [0.1, 0.15) is 5.75 Å². The first-order valence-electron chi connectivity index (χ1n) is 5.68. The summed E-state index contributed by atoms with van der Waals surface area (Å²) in [6.45, 7) is 0.389. The summed E-state index contributed by atoms with van der Waals surface area (Å²) < 4.78 is 17.0. The van der Waals surface area contributed by atoms with Gasteiger partial charge in [-0.15, -0.1) is 0 Å². The Kier molecular flexibility index (Phi) is 6.23. The van der Waals surface area contributed by atoms with Gasteiger partial charge in [-0.25, -0.2) is 4.79 Å². The molecule has 0 fully saturated rings. The number of benzene rings is 1. The molecule has 0 saturated carbocycles. The van der Waals surface area contributed by atoms with Crippen molar-refractivity contribution >= 4 is 0 Å². The summed E-state index contributed by atoms with van der Waals surface area (Å²) in [7, 11) is 1.61. The number of aromatic amines is 2. The van der Waals surface area contributed by atoms with Gasteiger partial charge in [-0.1, -0.05) is 17.2 Å². The van der Waals surface area contributed by atoms with E-state index in [0.29, 0.717) is 12.7 Å². The first kappa shape index (κ1) is 16.0. The van der Waals surface area contributed by atoms with Gasteiger partial charge < -0.3 is 9.72 Å². The van der Waals surface area contributed by atoms with Gasteiger partial charge in [-0.2, -0.15) is 4.39 Å². The third-order valence-electron chi connectivity index (χ3n) is 2.25. The van der Waals surface area contributed by atoms with E-state index in [1.54, 1.807) is 12.1 Å². The van der Waals surface area contributed by atoms with Crippen LogP contribution in [0.4, 0.5) is 4.39 Å². The number of nitrogens with one attached hydrogen (secondary N) is 2. The second kappa shape index (κ2) is 8.18. The van der Waals surface area contributed by atoms with Crippen LogP contribution in [-0.4, -0.2) is 17.1 Å². The van der Waals surface area contributed by atoms with Crippen LogP contribution in [0, 0.1) is 5.82 Å². The zero-order chi connectivity index (χ0) is 15.7. The minimum Gasteiger partial charge on any atom is -0.497 e. The zero-order valence-corrected chi connectivity index (χ0v) is 11.0. The number of hydrogen-bond donors (Lipinski definition) is 2. The molecule has 21 heavy (non-hydrogen) atoms. The number of methoxy groups -OCH3 is 1. The van der Waals surface area contributed by atoms with E-state index in [1.165, 1.54) is 0 Å². The normalized spacial score (nSPS) is 9.05. The number of halogens is 1. The molecule has 0 unspecified atom stereocenters. The maximum atomic E-state index is 12.0. The van der Waals surface area contributed by atoms with E-state index in [1.807, 2.05) is 29.2 Å². The van der Waals surface area contributed by atoms with E-state index >= 15 is 0 Å². The molecule has 1 aromatic heterocycles. The fourth-order valence-corrected chi connectivity index (χ4v) is 1.24. The Hall–Kier alpha value is -3.06.